The largest absolute Gasteiger partial charge is 0.475 e. The van der Waals surface area contributed by atoms with Crippen LogP contribution in [0.3, 0.4) is 0 Å². The van der Waals surface area contributed by atoms with Gasteiger partial charge in [-0.3, -0.25) is 4.79 Å². The summed E-state index contributed by atoms with van der Waals surface area (Å²) in [5.74, 6) is 0.243. The van der Waals surface area contributed by atoms with Gasteiger partial charge < -0.3 is 15.4 Å². The predicted octanol–water partition coefficient (Wildman–Crippen LogP) is 1.61. The minimum atomic E-state index is -0.268. The van der Waals surface area contributed by atoms with Crippen molar-refractivity contribution in [3.8, 4) is 5.88 Å². The molecule has 6 nitrogen and oxygen atoms in total. The minimum Gasteiger partial charge on any atom is -0.475 e. The molecule has 0 aliphatic heterocycles. The van der Waals surface area contributed by atoms with Gasteiger partial charge in [-0.25, -0.2) is 0 Å². The van der Waals surface area contributed by atoms with E-state index in [-0.39, 0.29) is 11.4 Å². The number of hydrogen-bond acceptors (Lipinski definition) is 5. The molecule has 21 heavy (non-hydrogen) atoms. The number of hydrogen-bond donors (Lipinski definition) is 1. The molecule has 0 aromatic carbocycles. The highest BCUT2D eigenvalue weighted by atomic mass is 16.5. The van der Waals surface area contributed by atoms with E-state index in [0.717, 1.165) is 25.7 Å². The SMILES string of the molecule is CN(C)C(=O)c1ccc(OCC2(N)CCCCCC2)nn1. The van der Waals surface area contributed by atoms with Crippen LogP contribution in [0.4, 0.5) is 0 Å². The van der Waals surface area contributed by atoms with Gasteiger partial charge in [-0.15, -0.1) is 10.2 Å². The first-order valence-corrected chi connectivity index (χ1v) is 7.47. The van der Waals surface area contributed by atoms with E-state index in [1.165, 1.54) is 17.7 Å². The van der Waals surface area contributed by atoms with Crippen LogP contribution in [0.1, 0.15) is 49.0 Å². The highest BCUT2D eigenvalue weighted by Gasteiger charge is 2.27. The molecule has 0 radical (unpaired) electrons. The lowest BCUT2D eigenvalue weighted by atomic mass is 9.93. The van der Waals surface area contributed by atoms with E-state index in [1.807, 2.05) is 0 Å². The Morgan fingerprint density at radius 3 is 2.43 bits per heavy atom. The summed E-state index contributed by atoms with van der Waals surface area (Å²) in [6.07, 6.45) is 6.78. The molecule has 2 N–H and O–H groups in total. The van der Waals surface area contributed by atoms with E-state index in [4.69, 9.17) is 10.5 Å². The smallest absolute Gasteiger partial charge is 0.273 e. The molecule has 1 saturated carbocycles. The molecule has 0 bridgehead atoms. The van der Waals surface area contributed by atoms with Crippen molar-refractivity contribution in [2.75, 3.05) is 20.7 Å². The molecule has 1 aliphatic rings. The Hall–Kier alpha value is -1.69. The quantitative estimate of drug-likeness (QED) is 0.853. The molecular weight excluding hydrogens is 268 g/mol. The number of carbonyl (C=O) groups is 1. The van der Waals surface area contributed by atoms with E-state index >= 15 is 0 Å². The van der Waals surface area contributed by atoms with Crippen molar-refractivity contribution in [3.05, 3.63) is 17.8 Å². The average Bonchev–Trinajstić information content (AvgIpc) is 2.70. The first-order valence-electron chi connectivity index (χ1n) is 7.47. The van der Waals surface area contributed by atoms with Crippen LogP contribution in [0.25, 0.3) is 0 Å². The molecule has 1 aliphatic carbocycles. The summed E-state index contributed by atoms with van der Waals surface area (Å²) in [4.78, 5) is 13.2. The summed E-state index contributed by atoms with van der Waals surface area (Å²) in [7, 11) is 3.36. The Kier molecular flexibility index (Phi) is 5.12. The second-order valence-electron chi connectivity index (χ2n) is 6.02. The summed E-state index contributed by atoms with van der Waals surface area (Å²) < 4.78 is 5.68. The number of nitrogens with zero attached hydrogens (tertiary/aromatic N) is 3. The van der Waals surface area contributed by atoms with Crippen LogP contribution in [-0.2, 0) is 0 Å². The molecule has 0 spiro atoms. The van der Waals surface area contributed by atoms with Gasteiger partial charge in [0.2, 0.25) is 5.88 Å². The number of ether oxygens (including phenoxy) is 1. The van der Waals surface area contributed by atoms with Gasteiger partial charge >= 0.3 is 0 Å². The van der Waals surface area contributed by atoms with E-state index < -0.39 is 0 Å². The van der Waals surface area contributed by atoms with Crippen LogP contribution in [0, 0.1) is 0 Å². The number of amides is 1. The molecular formula is C15H24N4O2. The molecule has 0 saturated heterocycles. The van der Waals surface area contributed by atoms with Gasteiger partial charge in [0.1, 0.15) is 6.61 Å². The Labute approximate surface area is 125 Å². The van der Waals surface area contributed by atoms with Crippen molar-refractivity contribution >= 4 is 5.91 Å². The van der Waals surface area contributed by atoms with Crippen molar-refractivity contribution in [2.45, 2.75) is 44.1 Å². The third-order valence-electron chi connectivity index (χ3n) is 3.87. The number of aromatic nitrogens is 2. The first kappa shape index (κ1) is 15.7. The van der Waals surface area contributed by atoms with Crippen molar-refractivity contribution in [2.24, 2.45) is 5.73 Å². The summed E-state index contributed by atoms with van der Waals surface area (Å²) in [6, 6.07) is 3.30. The topological polar surface area (TPSA) is 81.3 Å². The molecule has 1 amide bonds. The molecule has 2 rings (SSSR count). The van der Waals surface area contributed by atoms with Crippen LogP contribution >= 0.6 is 0 Å². The van der Waals surface area contributed by atoms with Crippen LogP contribution in [0.15, 0.2) is 12.1 Å². The fraction of sp³-hybridized carbons (Fsp3) is 0.667. The van der Waals surface area contributed by atoms with Crippen molar-refractivity contribution in [1.29, 1.82) is 0 Å². The zero-order valence-corrected chi connectivity index (χ0v) is 12.8. The highest BCUT2D eigenvalue weighted by molar-refractivity contribution is 5.91. The maximum Gasteiger partial charge on any atom is 0.273 e. The second-order valence-corrected chi connectivity index (χ2v) is 6.02. The molecule has 0 unspecified atom stereocenters. The van der Waals surface area contributed by atoms with Crippen molar-refractivity contribution < 1.29 is 9.53 Å². The average molecular weight is 292 g/mol. The van der Waals surface area contributed by atoms with E-state index in [1.54, 1.807) is 26.2 Å². The van der Waals surface area contributed by atoms with Gasteiger partial charge in [-0.05, 0) is 18.9 Å². The molecule has 6 heteroatoms. The van der Waals surface area contributed by atoms with E-state index in [9.17, 15) is 4.79 Å². The molecule has 1 heterocycles. The maximum atomic E-state index is 11.7. The van der Waals surface area contributed by atoms with Gasteiger partial charge in [0, 0.05) is 20.2 Å². The number of nitrogens with two attached hydrogens (primary N) is 1. The van der Waals surface area contributed by atoms with Crippen LogP contribution in [0.2, 0.25) is 0 Å². The number of rotatable bonds is 4. The van der Waals surface area contributed by atoms with E-state index in [0.29, 0.717) is 18.2 Å². The normalized spacial score (nSPS) is 17.9. The third-order valence-corrected chi connectivity index (χ3v) is 3.87. The summed E-state index contributed by atoms with van der Waals surface area (Å²) in [5, 5.41) is 7.84. The minimum absolute atomic E-state index is 0.173. The maximum absolute atomic E-state index is 11.7. The molecule has 1 fully saturated rings. The predicted molar refractivity (Wildman–Crippen MR) is 80.2 cm³/mol. The number of carbonyl (C=O) groups excluding carboxylic acids is 1. The molecule has 1 aromatic rings. The standard InChI is InChI=1S/C15H24N4O2/c1-19(2)14(20)12-7-8-13(18-17-12)21-11-15(16)9-5-3-4-6-10-15/h7-8H,3-6,9-11,16H2,1-2H3. The lowest BCUT2D eigenvalue weighted by Crippen LogP contribution is -2.45. The van der Waals surface area contributed by atoms with Crippen molar-refractivity contribution in [3.63, 3.8) is 0 Å². The Morgan fingerprint density at radius 1 is 1.24 bits per heavy atom. The van der Waals surface area contributed by atoms with Gasteiger partial charge in [0.05, 0.1) is 5.54 Å². The van der Waals surface area contributed by atoms with Gasteiger partial charge in [0.15, 0.2) is 5.69 Å². The monoisotopic (exact) mass is 292 g/mol. The summed E-state index contributed by atoms with van der Waals surface area (Å²) in [6.45, 7) is 0.447. The van der Waals surface area contributed by atoms with Crippen LogP contribution < -0.4 is 10.5 Å². The zero-order valence-electron chi connectivity index (χ0n) is 12.8. The van der Waals surface area contributed by atoms with Crippen LogP contribution in [0.5, 0.6) is 5.88 Å². The Morgan fingerprint density at radius 2 is 1.90 bits per heavy atom. The summed E-state index contributed by atoms with van der Waals surface area (Å²) >= 11 is 0. The fourth-order valence-corrected chi connectivity index (χ4v) is 2.53. The van der Waals surface area contributed by atoms with Gasteiger partial charge in [0.25, 0.3) is 5.91 Å². The molecule has 116 valence electrons. The molecule has 1 aromatic heterocycles. The van der Waals surface area contributed by atoms with Crippen molar-refractivity contribution in [1.82, 2.24) is 15.1 Å². The third kappa shape index (κ3) is 4.39. The fourth-order valence-electron chi connectivity index (χ4n) is 2.53. The van der Waals surface area contributed by atoms with Crippen LogP contribution in [-0.4, -0.2) is 47.2 Å². The molecule has 0 atom stereocenters. The summed E-state index contributed by atoms with van der Waals surface area (Å²) in [5.41, 5.74) is 6.43. The zero-order chi connectivity index (χ0) is 15.3. The highest BCUT2D eigenvalue weighted by Crippen LogP contribution is 2.25. The van der Waals surface area contributed by atoms with E-state index in [2.05, 4.69) is 10.2 Å². The Bertz CT molecular complexity index is 465. The first-order chi connectivity index (χ1) is 10.0. The van der Waals surface area contributed by atoms with Gasteiger partial charge in [-0.1, -0.05) is 25.7 Å². The second kappa shape index (κ2) is 6.85. The van der Waals surface area contributed by atoms with Gasteiger partial charge in [-0.2, -0.15) is 0 Å². The Balaban J connectivity index is 1.92. The lowest BCUT2D eigenvalue weighted by Gasteiger charge is -2.27. The lowest BCUT2D eigenvalue weighted by molar-refractivity contribution is 0.0820.